The van der Waals surface area contributed by atoms with Crippen molar-refractivity contribution in [3.8, 4) is 5.75 Å². The highest BCUT2D eigenvalue weighted by atomic mass is 16.5. The zero-order valence-electron chi connectivity index (χ0n) is 10.1. The molecule has 0 fully saturated rings. The highest BCUT2D eigenvalue weighted by Crippen LogP contribution is 2.13. The maximum atomic E-state index is 11.0. The summed E-state index contributed by atoms with van der Waals surface area (Å²) < 4.78 is 9.99. The van der Waals surface area contributed by atoms with Crippen molar-refractivity contribution < 1.29 is 19.1 Å². The summed E-state index contributed by atoms with van der Waals surface area (Å²) >= 11 is 0. The van der Waals surface area contributed by atoms with Gasteiger partial charge in [-0.1, -0.05) is 26.0 Å². The molecule has 17 heavy (non-hydrogen) atoms. The summed E-state index contributed by atoms with van der Waals surface area (Å²) in [5, 5.41) is 0. The van der Waals surface area contributed by atoms with E-state index in [1.807, 2.05) is 0 Å². The van der Waals surface area contributed by atoms with E-state index in [1.165, 1.54) is 0 Å². The number of carbonyl (C=O) groups is 2. The molecule has 0 spiro atoms. The minimum atomic E-state index is -0.268. The lowest BCUT2D eigenvalue weighted by Gasteiger charge is -2.05. The molecule has 0 bridgehead atoms. The van der Waals surface area contributed by atoms with Crippen molar-refractivity contribution in [3.05, 3.63) is 29.8 Å². The third-order valence-corrected chi connectivity index (χ3v) is 2.13. The molecule has 0 atom stereocenters. The lowest BCUT2D eigenvalue weighted by Crippen LogP contribution is -2.05. The van der Waals surface area contributed by atoms with Crippen molar-refractivity contribution >= 4 is 11.9 Å². The number of carbonyl (C=O) groups excluding carboxylic acids is 2. The highest BCUT2D eigenvalue weighted by molar-refractivity contribution is 5.71. The molecule has 0 N–H and O–H groups in total. The number of ether oxygens (including phenoxy) is 2. The molecular weight excluding hydrogens is 220 g/mol. The summed E-state index contributed by atoms with van der Waals surface area (Å²) in [6.45, 7) is 3.73. The first kappa shape index (κ1) is 13.2. The van der Waals surface area contributed by atoms with Crippen molar-refractivity contribution in [1.82, 2.24) is 0 Å². The van der Waals surface area contributed by atoms with Gasteiger partial charge >= 0.3 is 11.9 Å². The fraction of sp³-hybridized carbons (Fsp3) is 0.385. The first-order valence-corrected chi connectivity index (χ1v) is 5.61. The molecule has 4 nitrogen and oxygen atoms in total. The largest absolute Gasteiger partial charge is 0.461 e. The summed E-state index contributed by atoms with van der Waals surface area (Å²) in [7, 11) is 0. The Kier molecular flexibility index (Phi) is 5.20. The normalized spacial score (nSPS) is 9.76. The molecular formula is C13H16O4. The lowest BCUT2D eigenvalue weighted by atomic mass is 10.2. The van der Waals surface area contributed by atoms with Gasteiger partial charge in [0.15, 0.2) is 0 Å². The van der Waals surface area contributed by atoms with Gasteiger partial charge in [0, 0.05) is 12.8 Å². The van der Waals surface area contributed by atoms with Crippen molar-refractivity contribution in [1.29, 1.82) is 0 Å². The molecule has 0 aliphatic rings. The van der Waals surface area contributed by atoms with Crippen molar-refractivity contribution in [2.24, 2.45) is 0 Å². The Morgan fingerprint density at radius 2 is 1.59 bits per heavy atom. The van der Waals surface area contributed by atoms with E-state index in [-0.39, 0.29) is 18.5 Å². The van der Waals surface area contributed by atoms with Gasteiger partial charge in [-0.25, -0.2) is 0 Å². The van der Waals surface area contributed by atoms with Crippen molar-refractivity contribution in [2.45, 2.75) is 33.3 Å². The van der Waals surface area contributed by atoms with E-state index in [4.69, 9.17) is 9.47 Å². The second-order valence-corrected chi connectivity index (χ2v) is 3.49. The molecule has 4 heteroatoms. The van der Waals surface area contributed by atoms with Gasteiger partial charge in [-0.15, -0.1) is 0 Å². The van der Waals surface area contributed by atoms with Crippen LogP contribution in [0.15, 0.2) is 24.3 Å². The average molecular weight is 236 g/mol. The van der Waals surface area contributed by atoms with E-state index >= 15 is 0 Å². The van der Waals surface area contributed by atoms with Crippen LogP contribution in [0.3, 0.4) is 0 Å². The van der Waals surface area contributed by atoms with Gasteiger partial charge in [0.25, 0.3) is 0 Å². The molecule has 0 amide bonds. The predicted octanol–water partition coefficient (Wildman–Crippen LogP) is 2.46. The second-order valence-electron chi connectivity index (χ2n) is 3.49. The molecule has 0 aromatic heterocycles. The van der Waals surface area contributed by atoms with Crippen LogP contribution >= 0.6 is 0 Å². The van der Waals surface area contributed by atoms with E-state index in [0.717, 1.165) is 5.56 Å². The van der Waals surface area contributed by atoms with Crippen LogP contribution in [0.2, 0.25) is 0 Å². The van der Waals surface area contributed by atoms with E-state index in [0.29, 0.717) is 18.6 Å². The van der Waals surface area contributed by atoms with Gasteiger partial charge < -0.3 is 9.47 Å². The van der Waals surface area contributed by atoms with Gasteiger partial charge in [-0.2, -0.15) is 0 Å². The van der Waals surface area contributed by atoms with Crippen LogP contribution in [0, 0.1) is 0 Å². The average Bonchev–Trinajstić information content (AvgIpc) is 2.37. The number of hydrogen-bond acceptors (Lipinski definition) is 4. The molecule has 92 valence electrons. The fourth-order valence-electron chi connectivity index (χ4n) is 1.12. The zero-order valence-corrected chi connectivity index (χ0v) is 10.1. The Bertz CT molecular complexity index is 381. The highest BCUT2D eigenvalue weighted by Gasteiger charge is 2.03. The Labute approximate surface area is 101 Å². The van der Waals surface area contributed by atoms with Crippen LogP contribution < -0.4 is 4.74 Å². The molecule has 0 unspecified atom stereocenters. The summed E-state index contributed by atoms with van der Waals surface area (Å²) in [5.41, 5.74) is 0.864. The first-order valence-electron chi connectivity index (χ1n) is 5.61. The maximum absolute atomic E-state index is 11.0. The number of rotatable bonds is 5. The minimum Gasteiger partial charge on any atom is -0.461 e. The summed E-state index contributed by atoms with van der Waals surface area (Å²) in [4.78, 5) is 22.0. The van der Waals surface area contributed by atoms with E-state index in [9.17, 15) is 9.59 Å². The lowest BCUT2D eigenvalue weighted by molar-refractivity contribution is -0.144. The predicted molar refractivity (Wildman–Crippen MR) is 62.5 cm³/mol. The topological polar surface area (TPSA) is 52.6 Å². The van der Waals surface area contributed by atoms with Crippen molar-refractivity contribution in [3.63, 3.8) is 0 Å². The van der Waals surface area contributed by atoms with Gasteiger partial charge in [-0.3, -0.25) is 9.59 Å². The number of benzene rings is 1. The van der Waals surface area contributed by atoms with Crippen LogP contribution in [0.4, 0.5) is 0 Å². The zero-order chi connectivity index (χ0) is 12.7. The first-order chi connectivity index (χ1) is 8.15. The molecule has 0 aliphatic heterocycles. The van der Waals surface area contributed by atoms with E-state index < -0.39 is 0 Å². The maximum Gasteiger partial charge on any atom is 0.310 e. The van der Waals surface area contributed by atoms with Crippen LogP contribution in [-0.2, 0) is 20.9 Å². The van der Waals surface area contributed by atoms with Crippen LogP contribution in [0.1, 0.15) is 32.3 Å². The fourth-order valence-corrected chi connectivity index (χ4v) is 1.12. The minimum absolute atomic E-state index is 0.230. The van der Waals surface area contributed by atoms with Crippen LogP contribution in [0.25, 0.3) is 0 Å². The van der Waals surface area contributed by atoms with Gasteiger partial charge in [-0.05, 0) is 17.7 Å². The van der Waals surface area contributed by atoms with Gasteiger partial charge in [0.2, 0.25) is 0 Å². The summed E-state index contributed by atoms with van der Waals surface area (Å²) in [6, 6.07) is 6.90. The van der Waals surface area contributed by atoms with Crippen LogP contribution in [-0.4, -0.2) is 11.9 Å². The molecule has 0 heterocycles. The standard InChI is InChI=1S/C13H16O4/c1-3-12(14)16-9-10-5-7-11(8-6-10)17-13(15)4-2/h5-8H,3-4,9H2,1-2H3. The van der Waals surface area contributed by atoms with Gasteiger partial charge in [0.05, 0.1) is 0 Å². The Hall–Kier alpha value is -1.84. The number of esters is 2. The van der Waals surface area contributed by atoms with Crippen LogP contribution in [0.5, 0.6) is 5.75 Å². The Morgan fingerprint density at radius 3 is 2.12 bits per heavy atom. The molecule has 0 saturated carbocycles. The van der Waals surface area contributed by atoms with E-state index in [1.54, 1.807) is 38.1 Å². The molecule has 1 aromatic rings. The van der Waals surface area contributed by atoms with E-state index in [2.05, 4.69) is 0 Å². The molecule has 1 aromatic carbocycles. The third kappa shape index (κ3) is 4.68. The monoisotopic (exact) mass is 236 g/mol. The quantitative estimate of drug-likeness (QED) is 0.582. The van der Waals surface area contributed by atoms with Gasteiger partial charge in [0.1, 0.15) is 12.4 Å². The number of hydrogen-bond donors (Lipinski definition) is 0. The summed E-state index contributed by atoms with van der Waals surface area (Å²) in [5.74, 6) is 0.00376. The Balaban J connectivity index is 2.50. The summed E-state index contributed by atoms with van der Waals surface area (Å²) in [6.07, 6.45) is 0.710. The smallest absolute Gasteiger partial charge is 0.310 e. The Morgan fingerprint density at radius 1 is 1.00 bits per heavy atom. The molecule has 0 saturated heterocycles. The second kappa shape index (κ2) is 6.68. The molecule has 0 radical (unpaired) electrons. The molecule has 1 rings (SSSR count). The van der Waals surface area contributed by atoms with Crippen molar-refractivity contribution in [2.75, 3.05) is 0 Å². The molecule has 0 aliphatic carbocycles. The SMILES string of the molecule is CCC(=O)OCc1ccc(OC(=O)CC)cc1. The third-order valence-electron chi connectivity index (χ3n) is 2.13.